The second-order valence-electron chi connectivity index (χ2n) is 4.18. The Bertz CT molecular complexity index is 667. The summed E-state index contributed by atoms with van der Waals surface area (Å²) in [6, 6.07) is 14.6. The van der Waals surface area contributed by atoms with Crippen LogP contribution in [0, 0.1) is 0 Å². The second-order valence-corrected chi connectivity index (χ2v) is 4.18. The number of benzene rings is 2. The molecule has 0 fully saturated rings. The molecule has 3 rings (SSSR count). The first-order valence-electron chi connectivity index (χ1n) is 5.89. The van der Waals surface area contributed by atoms with E-state index in [1.165, 1.54) is 10.8 Å². The van der Waals surface area contributed by atoms with Crippen LogP contribution in [0.25, 0.3) is 10.8 Å². The molecule has 2 aromatic carbocycles. The van der Waals surface area contributed by atoms with Gasteiger partial charge in [0.05, 0.1) is 6.54 Å². The van der Waals surface area contributed by atoms with Gasteiger partial charge in [0.2, 0.25) is 0 Å². The van der Waals surface area contributed by atoms with E-state index in [1.54, 1.807) is 11.0 Å². The fraction of sp³-hybridized carbons (Fsp3) is 0.143. The van der Waals surface area contributed by atoms with E-state index in [0.717, 1.165) is 11.5 Å². The van der Waals surface area contributed by atoms with Crippen LogP contribution in [0.3, 0.4) is 0 Å². The van der Waals surface area contributed by atoms with E-state index in [0.29, 0.717) is 6.54 Å². The summed E-state index contributed by atoms with van der Waals surface area (Å²) < 4.78 is 1.78. The maximum Gasteiger partial charge on any atom is 0.145 e. The highest BCUT2D eigenvalue weighted by Gasteiger charge is 2.02. The number of nitrogens with zero attached hydrogens (tertiary/aromatic N) is 3. The first kappa shape index (κ1) is 10.8. The minimum Gasteiger partial charge on any atom is -0.377 e. The fourth-order valence-corrected chi connectivity index (χ4v) is 2.03. The Morgan fingerprint density at radius 3 is 2.78 bits per heavy atom. The van der Waals surface area contributed by atoms with E-state index in [2.05, 4.69) is 57.9 Å². The van der Waals surface area contributed by atoms with Gasteiger partial charge in [-0.05, 0) is 11.5 Å². The Kier molecular flexibility index (Phi) is 2.68. The predicted octanol–water partition coefficient (Wildman–Crippen LogP) is 2.58. The molecule has 0 aliphatic carbocycles. The number of hydrogen-bond donors (Lipinski definition) is 1. The van der Waals surface area contributed by atoms with Crippen LogP contribution in [0.5, 0.6) is 0 Å². The van der Waals surface area contributed by atoms with Crippen molar-refractivity contribution in [2.45, 2.75) is 6.54 Å². The highest BCUT2D eigenvalue weighted by molar-refractivity contribution is 5.93. The second kappa shape index (κ2) is 4.49. The monoisotopic (exact) mass is 238 g/mol. The van der Waals surface area contributed by atoms with E-state index in [-0.39, 0.29) is 0 Å². The molecule has 0 atom stereocenters. The Morgan fingerprint density at radius 1 is 1.11 bits per heavy atom. The largest absolute Gasteiger partial charge is 0.377 e. The van der Waals surface area contributed by atoms with Gasteiger partial charge in [0.25, 0.3) is 0 Å². The Balaban J connectivity index is 1.89. The zero-order valence-corrected chi connectivity index (χ0v) is 10.2. The van der Waals surface area contributed by atoms with Gasteiger partial charge in [-0.2, -0.15) is 5.10 Å². The molecule has 1 heterocycles. The molecule has 1 N–H and O–H groups in total. The van der Waals surface area contributed by atoms with Crippen LogP contribution in [-0.2, 0) is 13.6 Å². The molecule has 0 amide bonds. The van der Waals surface area contributed by atoms with Gasteiger partial charge in [-0.1, -0.05) is 36.4 Å². The van der Waals surface area contributed by atoms with Crippen LogP contribution >= 0.6 is 0 Å². The molecular formula is C14H14N4. The maximum atomic E-state index is 4.20. The number of nitrogens with one attached hydrogen (secondary N) is 1. The maximum absolute atomic E-state index is 4.20. The summed E-state index contributed by atoms with van der Waals surface area (Å²) in [6.07, 6.45) is 1.57. The molecule has 0 aliphatic heterocycles. The predicted molar refractivity (Wildman–Crippen MR) is 72.3 cm³/mol. The van der Waals surface area contributed by atoms with Gasteiger partial charge in [-0.15, -0.1) is 0 Å². The van der Waals surface area contributed by atoms with Crippen molar-refractivity contribution in [2.24, 2.45) is 7.05 Å². The van der Waals surface area contributed by atoms with Crippen molar-refractivity contribution in [3.05, 3.63) is 54.6 Å². The summed E-state index contributed by atoms with van der Waals surface area (Å²) in [6.45, 7) is 0.671. The minimum atomic E-state index is 0.671. The van der Waals surface area contributed by atoms with E-state index in [1.807, 2.05) is 7.05 Å². The number of aromatic nitrogens is 3. The molecule has 0 bridgehead atoms. The number of rotatable bonds is 3. The molecule has 4 nitrogen and oxygen atoms in total. The van der Waals surface area contributed by atoms with Crippen molar-refractivity contribution in [1.29, 1.82) is 0 Å². The van der Waals surface area contributed by atoms with Gasteiger partial charge < -0.3 is 5.32 Å². The van der Waals surface area contributed by atoms with Crippen molar-refractivity contribution < 1.29 is 0 Å². The summed E-state index contributed by atoms with van der Waals surface area (Å²) in [5.41, 5.74) is 1.12. The SMILES string of the molecule is Cn1ncnc1CNc1cccc2ccccc12. The van der Waals surface area contributed by atoms with Gasteiger partial charge in [0.15, 0.2) is 0 Å². The molecule has 0 radical (unpaired) electrons. The molecular weight excluding hydrogens is 224 g/mol. The molecule has 0 spiro atoms. The van der Waals surface area contributed by atoms with E-state index >= 15 is 0 Å². The third kappa shape index (κ3) is 1.93. The summed E-state index contributed by atoms with van der Waals surface area (Å²) in [4.78, 5) is 4.20. The third-order valence-electron chi connectivity index (χ3n) is 3.03. The van der Waals surface area contributed by atoms with Gasteiger partial charge in [0, 0.05) is 18.1 Å². The zero-order chi connectivity index (χ0) is 12.4. The summed E-state index contributed by atoms with van der Waals surface area (Å²) in [7, 11) is 1.90. The van der Waals surface area contributed by atoms with Gasteiger partial charge in [-0.3, -0.25) is 4.68 Å². The average Bonchev–Trinajstić information content (AvgIpc) is 2.82. The smallest absolute Gasteiger partial charge is 0.145 e. The summed E-state index contributed by atoms with van der Waals surface area (Å²) >= 11 is 0. The Morgan fingerprint density at radius 2 is 1.94 bits per heavy atom. The molecule has 0 saturated heterocycles. The topological polar surface area (TPSA) is 42.7 Å². The summed E-state index contributed by atoms with van der Waals surface area (Å²) in [5.74, 6) is 0.919. The molecule has 0 unspecified atom stereocenters. The minimum absolute atomic E-state index is 0.671. The normalized spacial score (nSPS) is 10.7. The molecule has 1 aromatic heterocycles. The van der Waals surface area contributed by atoms with Crippen LogP contribution in [0.1, 0.15) is 5.82 Å². The van der Waals surface area contributed by atoms with Crippen molar-refractivity contribution in [3.63, 3.8) is 0 Å². The molecule has 0 saturated carbocycles. The fourth-order valence-electron chi connectivity index (χ4n) is 2.03. The van der Waals surface area contributed by atoms with Crippen molar-refractivity contribution in [1.82, 2.24) is 14.8 Å². The summed E-state index contributed by atoms with van der Waals surface area (Å²) in [5, 5.41) is 9.93. The van der Waals surface area contributed by atoms with Gasteiger partial charge in [0.1, 0.15) is 12.2 Å². The lowest BCUT2D eigenvalue weighted by atomic mass is 10.1. The Labute approximate surface area is 105 Å². The Hall–Kier alpha value is -2.36. The number of hydrogen-bond acceptors (Lipinski definition) is 3. The highest BCUT2D eigenvalue weighted by Crippen LogP contribution is 2.23. The number of anilines is 1. The standard InChI is InChI=1S/C14H14N4/c1-18-14(16-10-17-18)9-15-13-8-4-6-11-5-2-3-7-12(11)13/h2-8,10,15H,9H2,1H3. The highest BCUT2D eigenvalue weighted by atomic mass is 15.3. The molecule has 4 heteroatoms. The van der Waals surface area contributed by atoms with Crippen LogP contribution in [0.2, 0.25) is 0 Å². The van der Waals surface area contributed by atoms with E-state index in [4.69, 9.17) is 0 Å². The van der Waals surface area contributed by atoms with Crippen LogP contribution in [0.15, 0.2) is 48.8 Å². The number of aryl methyl sites for hydroxylation is 1. The average molecular weight is 238 g/mol. The van der Waals surface area contributed by atoms with Gasteiger partial charge in [-0.25, -0.2) is 4.98 Å². The van der Waals surface area contributed by atoms with Crippen LogP contribution in [-0.4, -0.2) is 14.8 Å². The number of fused-ring (bicyclic) bond motifs is 1. The quantitative estimate of drug-likeness (QED) is 0.762. The molecule has 3 aromatic rings. The zero-order valence-electron chi connectivity index (χ0n) is 10.2. The van der Waals surface area contributed by atoms with Crippen LogP contribution in [0.4, 0.5) is 5.69 Å². The van der Waals surface area contributed by atoms with Crippen molar-refractivity contribution >= 4 is 16.5 Å². The van der Waals surface area contributed by atoms with Crippen LogP contribution < -0.4 is 5.32 Å². The van der Waals surface area contributed by atoms with Crippen molar-refractivity contribution in [2.75, 3.05) is 5.32 Å². The lowest BCUT2D eigenvalue weighted by Crippen LogP contribution is -2.06. The molecule has 18 heavy (non-hydrogen) atoms. The first-order chi connectivity index (χ1) is 8.84. The van der Waals surface area contributed by atoms with E-state index in [9.17, 15) is 0 Å². The third-order valence-corrected chi connectivity index (χ3v) is 3.03. The first-order valence-corrected chi connectivity index (χ1v) is 5.89. The lowest BCUT2D eigenvalue weighted by molar-refractivity contribution is 0.712. The van der Waals surface area contributed by atoms with Gasteiger partial charge >= 0.3 is 0 Å². The lowest BCUT2D eigenvalue weighted by Gasteiger charge is -2.09. The van der Waals surface area contributed by atoms with Crippen molar-refractivity contribution in [3.8, 4) is 0 Å². The molecule has 90 valence electrons. The molecule has 0 aliphatic rings. The van der Waals surface area contributed by atoms with E-state index < -0.39 is 0 Å².